The van der Waals surface area contributed by atoms with Gasteiger partial charge in [0.25, 0.3) is 0 Å². The van der Waals surface area contributed by atoms with Crippen LogP contribution in [0.5, 0.6) is 0 Å². The van der Waals surface area contributed by atoms with Crippen molar-refractivity contribution in [1.29, 1.82) is 5.26 Å². The fraction of sp³-hybridized carbons (Fsp3) is 0.550. The van der Waals surface area contributed by atoms with E-state index in [0.29, 0.717) is 5.56 Å². The SMILES string of the molecule is CC(C)(C)OC(=O)CN(CC(=O)OC(C)(C)C)Cc1cc(F)cc(C#N)c1. The smallest absolute Gasteiger partial charge is 0.320 e. The highest BCUT2D eigenvalue weighted by molar-refractivity contribution is 5.75. The summed E-state index contributed by atoms with van der Waals surface area (Å²) in [7, 11) is 0. The monoisotopic (exact) mass is 378 g/mol. The van der Waals surface area contributed by atoms with Crippen molar-refractivity contribution in [2.45, 2.75) is 59.3 Å². The summed E-state index contributed by atoms with van der Waals surface area (Å²) in [6, 6.07) is 5.78. The molecule has 0 aliphatic carbocycles. The Kier molecular flexibility index (Phi) is 7.49. The minimum atomic E-state index is -0.665. The fourth-order valence-corrected chi connectivity index (χ4v) is 2.34. The number of halogens is 1. The summed E-state index contributed by atoms with van der Waals surface area (Å²) < 4.78 is 24.3. The number of hydrogen-bond donors (Lipinski definition) is 0. The highest BCUT2D eigenvalue weighted by atomic mass is 19.1. The zero-order chi connectivity index (χ0) is 20.8. The Labute approximate surface area is 159 Å². The van der Waals surface area contributed by atoms with Gasteiger partial charge in [-0.05, 0) is 65.3 Å². The van der Waals surface area contributed by atoms with Crippen molar-refractivity contribution in [1.82, 2.24) is 4.90 Å². The van der Waals surface area contributed by atoms with E-state index < -0.39 is 29.0 Å². The third-order valence-electron chi connectivity index (χ3n) is 3.04. The van der Waals surface area contributed by atoms with Crippen molar-refractivity contribution in [3.63, 3.8) is 0 Å². The number of carbonyl (C=O) groups is 2. The predicted octanol–water partition coefficient (Wildman–Crippen LogP) is 3.18. The van der Waals surface area contributed by atoms with Gasteiger partial charge in [0.15, 0.2) is 0 Å². The fourth-order valence-electron chi connectivity index (χ4n) is 2.34. The summed E-state index contributed by atoms with van der Waals surface area (Å²) in [6.07, 6.45) is 0. The second-order valence-electron chi connectivity index (χ2n) is 8.28. The molecule has 1 aromatic carbocycles. The molecule has 0 unspecified atom stereocenters. The Morgan fingerprint density at radius 2 is 1.48 bits per heavy atom. The largest absolute Gasteiger partial charge is 0.459 e. The molecule has 0 fully saturated rings. The normalized spacial score (nSPS) is 11.8. The first kappa shape index (κ1) is 22.6. The zero-order valence-electron chi connectivity index (χ0n) is 16.8. The van der Waals surface area contributed by atoms with Crippen LogP contribution in [-0.2, 0) is 25.6 Å². The lowest BCUT2D eigenvalue weighted by Gasteiger charge is -2.26. The molecule has 1 aromatic rings. The number of nitriles is 1. The predicted molar refractivity (Wildman–Crippen MR) is 98.1 cm³/mol. The van der Waals surface area contributed by atoms with Crippen LogP contribution in [0.1, 0.15) is 52.7 Å². The Hall–Kier alpha value is -2.46. The standard InChI is InChI=1S/C20H27FN2O4/c1-19(2,3)26-17(24)12-23(13-18(25)27-20(4,5)6)11-15-7-14(10-22)8-16(21)9-15/h7-9H,11-13H2,1-6H3. The Morgan fingerprint density at radius 1 is 1.00 bits per heavy atom. The second-order valence-corrected chi connectivity index (χ2v) is 8.28. The minimum Gasteiger partial charge on any atom is -0.459 e. The van der Waals surface area contributed by atoms with Crippen LogP contribution in [0.2, 0.25) is 0 Å². The summed E-state index contributed by atoms with van der Waals surface area (Å²) in [6.45, 7) is 10.2. The maximum absolute atomic E-state index is 13.7. The first-order chi connectivity index (χ1) is 12.3. The van der Waals surface area contributed by atoms with Gasteiger partial charge in [-0.15, -0.1) is 0 Å². The van der Waals surface area contributed by atoms with Gasteiger partial charge in [0.1, 0.15) is 17.0 Å². The number of carbonyl (C=O) groups excluding carboxylic acids is 2. The van der Waals surface area contributed by atoms with E-state index in [0.717, 1.165) is 6.07 Å². The molecular formula is C20H27FN2O4. The van der Waals surface area contributed by atoms with Crippen LogP contribution in [0.25, 0.3) is 0 Å². The molecule has 1 rings (SSSR count). The van der Waals surface area contributed by atoms with Gasteiger partial charge in [0.2, 0.25) is 0 Å². The van der Waals surface area contributed by atoms with Gasteiger partial charge >= 0.3 is 11.9 Å². The molecule has 0 atom stereocenters. The molecule has 0 saturated carbocycles. The molecule has 6 nitrogen and oxygen atoms in total. The molecule has 7 heteroatoms. The molecule has 0 radical (unpaired) electrons. The van der Waals surface area contributed by atoms with Crippen LogP contribution in [-0.4, -0.2) is 41.1 Å². The maximum atomic E-state index is 13.7. The van der Waals surface area contributed by atoms with E-state index in [1.54, 1.807) is 41.5 Å². The summed E-state index contributed by atoms with van der Waals surface area (Å²) in [5.41, 5.74) is -0.693. The van der Waals surface area contributed by atoms with Crippen molar-refractivity contribution < 1.29 is 23.5 Å². The lowest BCUT2D eigenvalue weighted by atomic mass is 10.1. The van der Waals surface area contributed by atoms with Gasteiger partial charge in [-0.3, -0.25) is 14.5 Å². The summed E-state index contributed by atoms with van der Waals surface area (Å²) in [4.78, 5) is 25.8. The van der Waals surface area contributed by atoms with E-state index in [4.69, 9.17) is 14.7 Å². The molecule has 0 aromatic heterocycles. The minimum absolute atomic E-state index is 0.0882. The number of hydrogen-bond acceptors (Lipinski definition) is 6. The Morgan fingerprint density at radius 3 is 1.89 bits per heavy atom. The van der Waals surface area contributed by atoms with Crippen LogP contribution in [0.3, 0.4) is 0 Å². The van der Waals surface area contributed by atoms with Crippen LogP contribution in [0.4, 0.5) is 4.39 Å². The average Bonchev–Trinajstić information content (AvgIpc) is 2.41. The van der Waals surface area contributed by atoms with E-state index in [1.165, 1.54) is 17.0 Å². The maximum Gasteiger partial charge on any atom is 0.320 e. The number of benzene rings is 1. The van der Waals surface area contributed by atoms with Crippen molar-refractivity contribution >= 4 is 11.9 Å². The topological polar surface area (TPSA) is 79.6 Å². The first-order valence-corrected chi connectivity index (χ1v) is 8.63. The van der Waals surface area contributed by atoms with Crippen LogP contribution in [0, 0.1) is 17.1 Å². The van der Waals surface area contributed by atoms with Crippen LogP contribution >= 0.6 is 0 Å². The van der Waals surface area contributed by atoms with E-state index in [1.807, 2.05) is 6.07 Å². The lowest BCUT2D eigenvalue weighted by Crippen LogP contribution is -2.39. The van der Waals surface area contributed by atoms with Gasteiger partial charge in [0, 0.05) is 6.54 Å². The summed E-state index contributed by atoms with van der Waals surface area (Å²) in [5, 5.41) is 8.99. The Balaban J connectivity index is 2.96. The average molecular weight is 378 g/mol. The van der Waals surface area contributed by atoms with Gasteiger partial charge in [-0.1, -0.05) is 0 Å². The molecule has 0 amide bonds. The molecule has 148 valence electrons. The molecule has 0 aliphatic heterocycles. The molecule has 0 heterocycles. The Bertz CT molecular complexity index is 697. The lowest BCUT2D eigenvalue weighted by molar-refractivity contribution is -0.160. The molecule has 0 aliphatic rings. The van der Waals surface area contributed by atoms with Gasteiger partial charge in [-0.25, -0.2) is 4.39 Å². The number of nitrogens with zero attached hydrogens (tertiary/aromatic N) is 2. The third-order valence-corrected chi connectivity index (χ3v) is 3.04. The van der Waals surface area contributed by atoms with Crippen LogP contribution < -0.4 is 0 Å². The van der Waals surface area contributed by atoms with Gasteiger partial charge < -0.3 is 9.47 Å². The van der Waals surface area contributed by atoms with Crippen molar-refractivity contribution in [3.8, 4) is 6.07 Å². The molecule has 0 spiro atoms. The van der Waals surface area contributed by atoms with Crippen molar-refractivity contribution in [3.05, 3.63) is 35.1 Å². The van der Waals surface area contributed by atoms with Crippen molar-refractivity contribution in [2.24, 2.45) is 0 Å². The zero-order valence-corrected chi connectivity index (χ0v) is 16.8. The number of esters is 2. The highest BCUT2D eigenvalue weighted by Gasteiger charge is 2.23. The number of ether oxygens (including phenoxy) is 2. The summed E-state index contributed by atoms with van der Waals surface area (Å²) in [5.74, 6) is -1.58. The highest BCUT2D eigenvalue weighted by Crippen LogP contribution is 2.14. The van der Waals surface area contributed by atoms with Gasteiger partial charge in [0.05, 0.1) is 24.7 Å². The molecule has 0 N–H and O–H groups in total. The quantitative estimate of drug-likeness (QED) is 0.708. The molecule has 27 heavy (non-hydrogen) atoms. The molecule has 0 saturated heterocycles. The first-order valence-electron chi connectivity index (χ1n) is 8.63. The second kappa shape index (κ2) is 8.96. The van der Waals surface area contributed by atoms with E-state index in [-0.39, 0.29) is 25.2 Å². The van der Waals surface area contributed by atoms with Crippen molar-refractivity contribution in [2.75, 3.05) is 13.1 Å². The summed E-state index contributed by atoms with van der Waals surface area (Å²) >= 11 is 0. The molecular weight excluding hydrogens is 351 g/mol. The van der Waals surface area contributed by atoms with E-state index in [9.17, 15) is 14.0 Å². The van der Waals surface area contributed by atoms with Gasteiger partial charge in [-0.2, -0.15) is 5.26 Å². The van der Waals surface area contributed by atoms with E-state index in [2.05, 4.69) is 0 Å². The van der Waals surface area contributed by atoms with E-state index >= 15 is 0 Å². The molecule has 0 bridgehead atoms. The third kappa shape index (κ3) is 9.71. The number of rotatable bonds is 6. The van der Waals surface area contributed by atoms with Crippen LogP contribution in [0.15, 0.2) is 18.2 Å².